The minimum atomic E-state index is -0.236. The quantitative estimate of drug-likeness (QED) is 0.824. The van der Waals surface area contributed by atoms with Crippen molar-refractivity contribution in [2.24, 2.45) is 0 Å². The van der Waals surface area contributed by atoms with Crippen molar-refractivity contribution < 1.29 is 9.13 Å². The molecule has 2 rings (SSSR count). The number of benzene rings is 1. The molecule has 82 valence electrons. The van der Waals surface area contributed by atoms with Crippen molar-refractivity contribution in [1.82, 2.24) is 5.32 Å². The van der Waals surface area contributed by atoms with Crippen LogP contribution in [0.3, 0.4) is 0 Å². The van der Waals surface area contributed by atoms with E-state index in [9.17, 15) is 4.39 Å². The minimum absolute atomic E-state index is 0.236. The Hall–Kier alpha value is -1.09. The molecular formula is C12H16FNO. The second-order valence-corrected chi connectivity index (χ2v) is 4.11. The van der Waals surface area contributed by atoms with E-state index in [1.807, 2.05) is 14.0 Å². The summed E-state index contributed by atoms with van der Waals surface area (Å²) in [5.74, 6) is 0.439. The average Bonchev–Trinajstić information content (AvgIpc) is 2.16. The summed E-state index contributed by atoms with van der Waals surface area (Å²) in [4.78, 5) is 0. The molecule has 0 radical (unpaired) electrons. The van der Waals surface area contributed by atoms with Crippen molar-refractivity contribution in [1.29, 1.82) is 0 Å². The average molecular weight is 209 g/mol. The number of aryl methyl sites for hydroxylation is 1. The van der Waals surface area contributed by atoms with E-state index in [0.717, 1.165) is 18.4 Å². The number of hydrogen-bond acceptors (Lipinski definition) is 2. The van der Waals surface area contributed by atoms with Crippen molar-refractivity contribution in [3.05, 3.63) is 29.6 Å². The van der Waals surface area contributed by atoms with Crippen molar-refractivity contribution in [2.75, 3.05) is 7.05 Å². The lowest BCUT2D eigenvalue weighted by atomic mass is 9.89. The van der Waals surface area contributed by atoms with Crippen LogP contribution in [0.25, 0.3) is 0 Å². The van der Waals surface area contributed by atoms with Gasteiger partial charge in [0.2, 0.25) is 0 Å². The molecule has 15 heavy (non-hydrogen) atoms. The fourth-order valence-electron chi connectivity index (χ4n) is 1.78. The fraction of sp³-hybridized carbons (Fsp3) is 0.500. The highest BCUT2D eigenvalue weighted by Gasteiger charge is 2.29. The van der Waals surface area contributed by atoms with Gasteiger partial charge in [0.15, 0.2) is 0 Å². The molecule has 0 atom stereocenters. The summed E-state index contributed by atoms with van der Waals surface area (Å²) in [5, 5.41) is 3.19. The first-order valence-electron chi connectivity index (χ1n) is 5.29. The maximum atomic E-state index is 13.0. The molecule has 1 fully saturated rings. The second kappa shape index (κ2) is 4.19. The van der Waals surface area contributed by atoms with E-state index in [1.165, 1.54) is 12.1 Å². The maximum absolute atomic E-state index is 13.0. The van der Waals surface area contributed by atoms with Crippen molar-refractivity contribution in [3.8, 4) is 5.75 Å². The summed E-state index contributed by atoms with van der Waals surface area (Å²) in [7, 11) is 1.95. The summed E-state index contributed by atoms with van der Waals surface area (Å²) in [6, 6.07) is 5.23. The van der Waals surface area contributed by atoms with E-state index in [2.05, 4.69) is 5.32 Å². The van der Waals surface area contributed by atoms with Crippen LogP contribution in [-0.2, 0) is 0 Å². The van der Waals surface area contributed by atoms with Gasteiger partial charge in [0.1, 0.15) is 17.7 Å². The number of rotatable bonds is 3. The Morgan fingerprint density at radius 3 is 2.80 bits per heavy atom. The second-order valence-electron chi connectivity index (χ2n) is 4.11. The summed E-state index contributed by atoms with van der Waals surface area (Å²) < 4.78 is 18.7. The lowest BCUT2D eigenvalue weighted by molar-refractivity contribution is 0.0875. The van der Waals surface area contributed by atoms with Crippen molar-refractivity contribution >= 4 is 0 Å². The van der Waals surface area contributed by atoms with Gasteiger partial charge in [0, 0.05) is 12.1 Å². The first kappa shape index (κ1) is 10.4. The standard InChI is InChI=1S/C12H16FNO/c1-8-3-4-9(13)5-12(8)15-11-6-10(7-11)14-2/h3-5,10-11,14H,6-7H2,1-2H3. The molecular weight excluding hydrogens is 193 g/mol. The Bertz CT molecular complexity index is 347. The zero-order valence-corrected chi connectivity index (χ0v) is 9.09. The van der Waals surface area contributed by atoms with Crippen LogP contribution >= 0.6 is 0 Å². The Labute approximate surface area is 89.4 Å². The zero-order chi connectivity index (χ0) is 10.8. The number of nitrogens with one attached hydrogen (secondary N) is 1. The van der Waals surface area contributed by atoms with Gasteiger partial charge in [-0.3, -0.25) is 0 Å². The molecule has 0 amide bonds. The van der Waals surface area contributed by atoms with E-state index in [1.54, 1.807) is 6.07 Å². The highest BCUT2D eigenvalue weighted by Crippen LogP contribution is 2.28. The molecule has 2 nitrogen and oxygen atoms in total. The highest BCUT2D eigenvalue weighted by atomic mass is 19.1. The van der Waals surface area contributed by atoms with Gasteiger partial charge in [-0.05, 0) is 38.4 Å². The molecule has 0 heterocycles. The third kappa shape index (κ3) is 2.29. The summed E-state index contributed by atoms with van der Waals surface area (Å²) in [6.07, 6.45) is 2.25. The van der Waals surface area contributed by atoms with E-state index in [-0.39, 0.29) is 11.9 Å². The van der Waals surface area contributed by atoms with Crippen LogP contribution in [-0.4, -0.2) is 19.2 Å². The van der Waals surface area contributed by atoms with Gasteiger partial charge < -0.3 is 10.1 Å². The van der Waals surface area contributed by atoms with Gasteiger partial charge in [0.05, 0.1) is 0 Å². The molecule has 1 saturated carbocycles. The SMILES string of the molecule is CNC1CC(Oc2cc(F)ccc2C)C1. The molecule has 0 aliphatic heterocycles. The molecule has 0 saturated heterocycles. The van der Waals surface area contributed by atoms with Gasteiger partial charge in [-0.1, -0.05) is 6.07 Å². The molecule has 1 N–H and O–H groups in total. The van der Waals surface area contributed by atoms with Crippen LogP contribution in [0.1, 0.15) is 18.4 Å². The monoisotopic (exact) mass is 209 g/mol. The summed E-state index contributed by atoms with van der Waals surface area (Å²) in [6.45, 7) is 1.93. The molecule has 1 aliphatic rings. The van der Waals surface area contributed by atoms with Gasteiger partial charge >= 0.3 is 0 Å². The third-order valence-electron chi connectivity index (χ3n) is 2.95. The summed E-state index contributed by atoms with van der Waals surface area (Å²) >= 11 is 0. The van der Waals surface area contributed by atoms with Gasteiger partial charge in [-0.2, -0.15) is 0 Å². The van der Waals surface area contributed by atoms with Crippen LogP contribution in [0.2, 0.25) is 0 Å². The van der Waals surface area contributed by atoms with Gasteiger partial charge in [-0.25, -0.2) is 4.39 Å². The highest BCUT2D eigenvalue weighted by molar-refractivity contribution is 5.33. The van der Waals surface area contributed by atoms with E-state index in [0.29, 0.717) is 11.8 Å². The predicted molar refractivity (Wildman–Crippen MR) is 57.6 cm³/mol. The van der Waals surface area contributed by atoms with Gasteiger partial charge in [-0.15, -0.1) is 0 Å². The van der Waals surface area contributed by atoms with Crippen LogP contribution in [0.4, 0.5) is 4.39 Å². The Morgan fingerprint density at radius 2 is 2.13 bits per heavy atom. The topological polar surface area (TPSA) is 21.3 Å². The van der Waals surface area contributed by atoms with Crippen LogP contribution in [0, 0.1) is 12.7 Å². The molecule has 1 aromatic rings. The fourth-order valence-corrected chi connectivity index (χ4v) is 1.78. The largest absolute Gasteiger partial charge is 0.490 e. The van der Waals surface area contributed by atoms with Crippen LogP contribution < -0.4 is 10.1 Å². The maximum Gasteiger partial charge on any atom is 0.126 e. The number of ether oxygens (including phenoxy) is 1. The Kier molecular flexibility index (Phi) is 2.91. The molecule has 0 spiro atoms. The van der Waals surface area contributed by atoms with Gasteiger partial charge in [0.25, 0.3) is 0 Å². The summed E-state index contributed by atoms with van der Waals surface area (Å²) in [5.41, 5.74) is 0.990. The molecule has 0 unspecified atom stereocenters. The van der Waals surface area contributed by atoms with Crippen molar-refractivity contribution in [3.63, 3.8) is 0 Å². The molecule has 1 aromatic carbocycles. The molecule has 3 heteroatoms. The smallest absolute Gasteiger partial charge is 0.126 e. The Balaban J connectivity index is 1.97. The lowest BCUT2D eigenvalue weighted by Gasteiger charge is -2.35. The molecule has 0 bridgehead atoms. The number of halogens is 1. The lowest BCUT2D eigenvalue weighted by Crippen LogP contribution is -2.45. The first-order valence-corrected chi connectivity index (χ1v) is 5.29. The first-order chi connectivity index (χ1) is 7.19. The number of hydrogen-bond donors (Lipinski definition) is 1. The molecule has 0 aromatic heterocycles. The molecule has 1 aliphatic carbocycles. The van der Waals surface area contributed by atoms with Crippen LogP contribution in [0.15, 0.2) is 18.2 Å². The Morgan fingerprint density at radius 1 is 1.40 bits per heavy atom. The third-order valence-corrected chi connectivity index (χ3v) is 2.95. The minimum Gasteiger partial charge on any atom is -0.490 e. The van der Waals surface area contributed by atoms with E-state index in [4.69, 9.17) is 4.74 Å². The van der Waals surface area contributed by atoms with Crippen molar-refractivity contribution in [2.45, 2.75) is 31.9 Å². The van der Waals surface area contributed by atoms with E-state index < -0.39 is 0 Å². The zero-order valence-electron chi connectivity index (χ0n) is 9.09. The predicted octanol–water partition coefficient (Wildman–Crippen LogP) is 2.26. The van der Waals surface area contributed by atoms with Crippen LogP contribution in [0.5, 0.6) is 5.75 Å². The van der Waals surface area contributed by atoms with E-state index >= 15 is 0 Å². The normalized spacial score (nSPS) is 24.7.